The quantitative estimate of drug-likeness (QED) is 0.560. The lowest BCUT2D eigenvalue weighted by atomic mass is 10.8. The average Bonchev–Trinajstić information content (AvgIpc) is 1.83. The minimum absolute atomic E-state index is 0.0750. The molecular formula is C3H9O4P. The Labute approximate surface area is 48.4 Å². The van der Waals surface area contributed by atoms with Crippen LogP contribution in [0.25, 0.3) is 0 Å². The van der Waals surface area contributed by atoms with E-state index in [2.05, 4.69) is 9.05 Å². The third kappa shape index (κ3) is 4.27. The highest BCUT2D eigenvalue weighted by molar-refractivity contribution is 7.33. The minimum atomic E-state index is -2.30. The molecule has 0 aliphatic rings. The molecule has 0 bridgehead atoms. The molecule has 5 heteroatoms. The van der Waals surface area contributed by atoms with Crippen molar-refractivity contribution in [2.45, 2.75) is 0 Å². The number of rotatable bonds is 4. The van der Waals surface area contributed by atoms with Gasteiger partial charge in [-0.3, -0.25) is 4.57 Å². The Balaban J connectivity index is 2.99. The largest absolute Gasteiger partial charge is 0.394 e. The summed E-state index contributed by atoms with van der Waals surface area (Å²) in [6, 6.07) is 0. The highest BCUT2D eigenvalue weighted by atomic mass is 31.1. The molecule has 0 saturated carbocycles. The van der Waals surface area contributed by atoms with Gasteiger partial charge in [-0.05, 0) is 0 Å². The fourth-order valence-electron chi connectivity index (χ4n) is 0.188. The molecule has 0 amide bonds. The lowest BCUT2D eigenvalue weighted by molar-refractivity contribution is 0.185. The van der Waals surface area contributed by atoms with Gasteiger partial charge in [0.2, 0.25) is 0 Å². The van der Waals surface area contributed by atoms with Gasteiger partial charge in [0.05, 0.1) is 13.2 Å². The van der Waals surface area contributed by atoms with E-state index in [4.69, 9.17) is 5.11 Å². The van der Waals surface area contributed by atoms with Crippen LogP contribution in [0.2, 0.25) is 0 Å². The molecule has 1 unspecified atom stereocenters. The summed E-state index contributed by atoms with van der Waals surface area (Å²) in [4.78, 5) is 0. The summed E-state index contributed by atoms with van der Waals surface area (Å²) in [5.74, 6) is 0. The van der Waals surface area contributed by atoms with E-state index in [0.29, 0.717) is 0 Å². The molecule has 8 heavy (non-hydrogen) atoms. The van der Waals surface area contributed by atoms with Crippen molar-refractivity contribution in [3.63, 3.8) is 0 Å². The van der Waals surface area contributed by atoms with Gasteiger partial charge in [-0.25, -0.2) is 0 Å². The number of aliphatic hydroxyl groups excluding tert-OH is 1. The summed E-state index contributed by atoms with van der Waals surface area (Å²) in [5.41, 5.74) is 0. The van der Waals surface area contributed by atoms with E-state index in [1.807, 2.05) is 0 Å². The molecule has 1 atom stereocenters. The van der Waals surface area contributed by atoms with E-state index in [0.717, 1.165) is 0 Å². The zero-order valence-corrected chi connectivity index (χ0v) is 5.59. The van der Waals surface area contributed by atoms with Crippen LogP contribution in [0.3, 0.4) is 0 Å². The lowest BCUT2D eigenvalue weighted by Gasteiger charge is -1.96. The number of hydrogen-bond donors (Lipinski definition) is 1. The van der Waals surface area contributed by atoms with Crippen molar-refractivity contribution >= 4 is 8.25 Å². The Morgan fingerprint density at radius 2 is 2.38 bits per heavy atom. The first-order chi connectivity index (χ1) is 3.81. The van der Waals surface area contributed by atoms with Gasteiger partial charge in [0.15, 0.2) is 0 Å². The molecule has 0 heterocycles. The summed E-state index contributed by atoms with van der Waals surface area (Å²) in [5, 5.41) is 8.11. The normalized spacial score (nSPS) is 13.8. The molecule has 1 N–H and O–H groups in total. The monoisotopic (exact) mass is 140 g/mol. The van der Waals surface area contributed by atoms with Crippen LogP contribution in [-0.2, 0) is 13.6 Å². The highest BCUT2D eigenvalue weighted by Gasteiger charge is 1.91. The Bertz CT molecular complexity index is 73.7. The molecule has 0 saturated heterocycles. The van der Waals surface area contributed by atoms with Crippen LogP contribution in [0.1, 0.15) is 0 Å². The Hall–Kier alpha value is 0.110. The Kier molecular flexibility index (Phi) is 5.32. The summed E-state index contributed by atoms with van der Waals surface area (Å²) >= 11 is 0. The zero-order valence-electron chi connectivity index (χ0n) is 4.59. The van der Waals surface area contributed by atoms with Crippen LogP contribution in [-0.4, -0.2) is 25.4 Å². The second-order valence-electron chi connectivity index (χ2n) is 1.03. The topological polar surface area (TPSA) is 55.8 Å². The molecular weight excluding hydrogens is 131 g/mol. The van der Waals surface area contributed by atoms with Crippen LogP contribution in [0.5, 0.6) is 0 Å². The van der Waals surface area contributed by atoms with Gasteiger partial charge >= 0.3 is 8.25 Å². The molecule has 0 aromatic carbocycles. The maximum absolute atomic E-state index is 10.2. The molecule has 0 spiro atoms. The van der Waals surface area contributed by atoms with E-state index in [1.54, 1.807) is 0 Å². The standard InChI is InChI=1S/C3H9O4P/c1-6-8(5)7-3-2-4/h4,8H,2-3H2,1H3. The molecule has 50 valence electrons. The van der Waals surface area contributed by atoms with Gasteiger partial charge in [0, 0.05) is 7.11 Å². The van der Waals surface area contributed by atoms with Crippen molar-refractivity contribution < 1.29 is 18.7 Å². The SMILES string of the molecule is CO[PH](=O)OCCO. The van der Waals surface area contributed by atoms with Gasteiger partial charge in [0.1, 0.15) is 0 Å². The summed E-state index contributed by atoms with van der Waals surface area (Å²) in [6.07, 6.45) is 0. The fourth-order valence-corrected chi connectivity index (χ4v) is 0.564. The van der Waals surface area contributed by atoms with E-state index in [-0.39, 0.29) is 13.2 Å². The van der Waals surface area contributed by atoms with Crippen molar-refractivity contribution in [1.29, 1.82) is 0 Å². The molecule has 0 aliphatic heterocycles. The van der Waals surface area contributed by atoms with Gasteiger partial charge in [0.25, 0.3) is 0 Å². The first-order valence-corrected chi connectivity index (χ1v) is 3.35. The average molecular weight is 140 g/mol. The first kappa shape index (κ1) is 8.11. The first-order valence-electron chi connectivity index (χ1n) is 2.13. The van der Waals surface area contributed by atoms with E-state index < -0.39 is 8.25 Å². The van der Waals surface area contributed by atoms with Crippen molar-refractivity contribution in [2.75, 3.05) is 20.3 Å². The van der Waals surface area contributed by atoms with Gasteiger partial charge < -0.3 is 14.2 Å². The Morgan fingerprint density at radius 1 is 1.75 bits per heavy atom. The van der Waals surface area contributed by atoms with Crippen LogP contribution < -0.4 is 0 Å². The third-order valence-electron chi connectivity index (χ3n) is 0.478. The predicted molar refractivity (Wildman–Crippen MR) is 29.0 cm³/mol. The summed E-state index contributed by atoms with van der Waals surface area (Å²) in [7, 11) is -1.01. The lowest BCUT2D eigenvalue weighted by Crippen LogP contribution is -1.91. The van der Waals surface area contributed by atoms with Crippen molar-refractivity contribution in [2.24, 2.45) is 0 Å². The van der Waals surface area contributed by atoms with Crippen molar-refractivity contribution in [3.8, 4) is 0 Å². The molecule has 0 radical (unpaired) electrons. The second kappa shape index (κ2) is 5.25. The molecule has 0 rings (SSSR count). The van der Waals surface area contributed by atoms with Crippen LogP contribution in [0, 0.1) is 0 Å². The van der Waals surface area contributed by atoms with Gasteiger partial charge in [-0.15, -0.1) is 0 Å². The molecule has 0 aromatic rings. The fraction of sp³-hybridized carbons (Fsp3) is 1.00. The molecule has 4 nitrogen and oxygen atoms in total. The smallest absolute Gasteiger partial charge is 0.318 e. The highest BCUT2D eigenvalue weighted by Crippen LogP contribution is 2.20. The maximum atomic E-state index is 10.2. The van der Waals surface area contributed by atoms with E-state index in [1.165, 1.54) is 7.11 Å². The minimum Gasteiger partial charge on any atom is -0.394 e. The number of aliphatic hydroxyl groups is 1. The van der Waals surface area contributed by atoms with Crippen molar-refractivity contribution in [1.82, 2.24) is 0 Å². The Morgan fingerprint density at radius 3 is 2.75 bits per heavy atom. The summed E-state index contributed by atoms with van der Waals surface area (Å²) in [6.45, 7) is -0.0502. The van der Waals surface area contributed by atoms with Crippen LogP contribution in [0.15, 0.2) is 0 Å². The predicted octanol–water partition coefficient (Wildman–Crippen LogP) is 0.0314. The molecule has 0 aromatic heterocycles. The second-order valence-corrected chi connectivity index (χ2v) is 2.22. The van der Waals surface area contributed by atoms with Gasteiger partial charge in [-0.2, -0.15) is 0 Å². The van der Waals surface area contributed by atoms with Crippen LogP contribution >= 0.6 is 8.25 Å². The summed E-state index contributed by atoms with van der Waals surface area (Å²) < 4.78 is 18.9. The van der Waals surface area contributed by atoms with E-state index >= 15 is 0 Å². The van der Waals surface area contributed by atoms with Crippen molar-refractivity contribution in [3.05, 3.63) is 0 Å². The molecule has 0 aliphatic carbocycles. The zero-order chi connectivity index (χ0) is 6.41. The van der Waals surface area contributed by atoms with Gasteiger partial charge in [-0.1, -0.05) is 0 Å². The molecule has 0 fully saturated rings. The third-order valence-corrected chi connectivity index (χ3v) is 1.25. The maximum Gasteiger partial charge on any atom is 0.318 e. The van der Waals surface area contributed by atoms with E-state index in [9.17, 15) is 4.57 Å². The number of hydrogen-bond acceptors (Lipinski definition) is 4. The van der Waals surface area contributed by atoms with Crippen LogP contribution in [0.4, 0.5) is 0 Å².